The molecule has 1 amide bonds. The van der Waals surface area contributed by atoms with Gasteiger partial charge in [0.1, 0.15) is 17.6 Å². The zero-order chi connectivity index (χ0) is 15.2. The number of benzene rings is 1. The van der Waals surface area contributed by atoms with Gasteiger partial charge in [-0.15, -0.1) is 12.4 Å². The van der Waals surface area contributed by atoms with Crippen molar-refractivity contribution in [2.75, 3.05) is 25.5 Å². The molecule has 0 bridgehead atoms. The van der Waals surface area contributed by atoms with Gasteiger partial charge in [0, 0.05) is 24.5 Å². The summed E-state index contributed by atoms with van der Waals surface area (Å²) >= 11 is 0. The monoisotopic (exact) mass is 328 g/mol. The number of amides is 1. The lowest BCUT2D eigenvalue weighted by molar-refractivity contribution is -0.116. The lowest BCUT2D eigenvalue weighted by atomic mass is 10.1. The maximum Gasteiger partial charge on any atom is 0.224 e. The number of hydrogen-bond acceptors (Lipinski definition) is 4. The molecule has 124 valence electrons. The highest BCUT2D eigenvalue weighted by atomic mass is 35.5. The van der Waals surface area contributed by atoms with Crippen molar-refractivity contribution in [2.45, 2.75) is 39.2 Å². The number of carbonyl (C=O) groups is 1. The van der Waals surface area contributed by atoms with E-state index in [-0.39, 0.29) is 24.4 Å². The van der Waals surface area contributed by atoms with Crippen LogP contribution in [0.15, 0.2) is 12.1 Å². The summed E-state index contributed by atoms with van der Waals surface area (Å²) in [6.07, 6.45) is 2.35. The molecule has 2 N–H and O–H groups in total. The molecular formula is C16H25ClN2O3. The smallest absolute Gasteiger partial charge is 0.224 e. The molecule has 1 aromatic carbocycles. The van der Waals surface area contributed by atoms with Gasteiger partial charge in [-0.3, -0.25) is 4.79 Å². The Bertz CT molecular complexity index is 508. The third kappa shape index (κ3) is 4.78. The molecule has 0 saturated carbocycles. The molecule has 0 spiro atoms. The minimum absolute atomic E-state index is 0. The van der Waals surface area contributed by atoms with Crippen LogP contribution in [0.4, 0.5) is 5.69 Å². The topological polar surface area (TPSA) is 59.6 Å². The second kappa shape index (κ2) is 8.86. The van der Waals surface area contributed by atoms with Crippen LogP contribution in [0.2, 0.25) is 0 Å². The van der Waals surface area contributed by atoms with Gasteiger partial charge in [0.25, 0.3) is 0 Å². The predicted molar refractivity (Wildman–Crippen MR) is 90.4 cm³/mol. The van der Waals surface area contributed by atoms with E-state index in [1.165, 1.54) is 0 Å². The lowest BCUT2D eigenvalue weighted by Gasteiger charge is -2.13. The van der Waals surface area contributed by atoms with Gasteiger partial charge < -0.3 is 20.1 Å². The summed E-state index contributed by atoms with van der Waals surface area (Å²) in [5, 5.41) is 5.96. The molecule has 0 aromatic heterocycles. The summed E-state index contributed by atoms with van der Waals surface area (Å²) in [5.41, 5.74) is 1.83. The fourth-order valence-corrected chi connectivity index (χ4v) is 2.45. The number of anilines is 1. The molecule has 1 aliphatic heterocycles. The molecule has 1 heterocycles. The molecule has 1 unspecified atom stereocenters. The van der Waals surface area contributed by atoms with E-state index in [9.17, 15) is 4.79 Å². The lowest BCUT2D eigenvalue weighted by Crippen LogP contribution is -2.16. The quantitative estimate of drug-likeness (QED) is 0.756. The van der Waals surface area contributed by atoms with Crippen molar-refractivity contribution in [1.82, 2.24) is 5.32 Å². The van der Waals surface area contributed by atoms with Crippen LogP contribution in [-0.2, 0) is 11.2 Å². The first-order valence-corrected chi connectivity index (χ1v) is 7.54. The number of rotatable bonds is 7. The Kier molecular flexibility index (Phi) is 7.48. The Morgan fingerprint density at radius 3 is 2.91 bits per heavy atom. The van der Waals surface area contributed by atoms with Gasteiger partial charge in [0.05, 0.1) is 12.3 Å². The summed E-state index contributed by atoms with van der Waals surface area (Å²) in [4.78, 5) is 12.0. The maximum absolute atomic E-state index is 12.0. The number of halogens is 1. The average molecular weight is 329 g/mol. The van der Waals surface area contributed by atoms with Gasteiger partial charge in [-0.1, -0.05) is 0 Å². The molecule has 1 atom stereocenters. The zero-order valence-corrected chi connectivity index (χ0v) is 14.2. The first-order valence-electron chi connectivity index (χ1n) is 7.54. The molecule has 1 aliphatic rings. The Balaban J connectivity index is 0.00000242. The molecule has 22 heavy (non-hydrogen) atoms. The molecule has 0 saturated heterocycles. The van der Waals surface area contributed by atoms with Crippen molar-refractivity contribution in [2.24, 2.45) is 0 Å². The second-order valence-electron chi connectivity index (χ2n) is 5.28. The summed E-state index contributed by atoms with van der Waals surface area (Å²) in [6, 6.07) is 3.85. The largest absolute Gasteiger partial charge is 0.492 e. The van der Waals surface area contributed by atoms with Crippen LogP contribution >= 0.6 is 12.4 Å². The fraction of sp³-hybridized carbons (Fsp3) is 0.562. The van der Waals surface area contributed by atoms with Crippen LogP contribution in [0.25, 0.3) is 0 Å². The minimum Gasteiger partial charge on any atom is -0.492 e. The van der Waals surface area contributed by atoms with Gasteiger partial charge in [0.15, 0.2) is 0 Å². The summed E-state index contributed by atoms with van der Waals surface area (Å²) < 4.78 is 11.4. The Hall–Kier alpha value is -1.46. The van der Waals surface area contributed by atoms with Crippen LogP contribution in [0.3, 0.4) is 0 Å². The summed E-state index contributed by atoms with van der Waals surface area (Å²) in [6.45, 7) is 5.37. The summed E-state index contributed by atoms with van der Waals surface area (Å²) in [7, 11) is 1.88. The molecule has 0 aliphatic carbocycles. The fourth-order valence-electron chi connectivity index (χ4n) is 2.45. The maximum atomic E-state index is 12.0. The van der Waals surface area contributed by atoms with E-state index in [0.29, 0.717) is 18.7 Å². The third-order valence-corrected chi connectivity index (χ3v) is 3.40. The number of hydrogen-bond donors (Lipinski definition) is 2. The van der Waals surface area contributed by atoms with Gasteiger partial charge in [-0.05, 0) is 39.9 Å². The number of fused-ring (bicyclic) bond motifs is 1. The van der Waals surface area contributed by atoms with Crippen molar-refractivity contribution < 1.29 is 14.3 Å². The highest BCUT2D eigenvalue weighted by molar-refractivity contribution is 5.92. The number of nitrogens with one attached hydrogen (secondary N) is 2. The van der Waals surface area contributed by atoms with E-state index in [2.05, 4.69) is 10.6 Å². The molecule has 0 radical (unpaired) electrons. The van der Waals surface area contributed by atoms with E-state index in [1.54, 1.807) is 0 Å². The van der Waals surface area contributed by atoms with Crippen LogP contribution in [-0.4, -0.2) is 32.2 Å². The van der Waals surface area contributed by atoms with Gasteiger partial charge in [0.2, 0.25) is 5.91 Å². The Morgan fingerprint density at radius 1 is 1.45 bits per heavy atom. The molecular weight excluding hydrogens is 304 g/mol. The van der Waals surface area contributed by atoms with Crippen molar-refractivity contribution in [3.8, 4) is 11.5 Å². The molecule has 0 fully saturated rings. The van der Waals surface area contributed by atoms with Gasteiger partial charge in [-0.25, -0.2) is 0 Å². The Morgan fingerprint density at radius 2 is 2.23 bits per heavy atom. The highest BCUT2D eigenvalue weighted by Crippen LogP contribution is 2.38. The molecule has 2 rings (SSSR count). The van der Waals surface area contributed by atoms with Crippen molar-refractivity contribution in [3.63, 3.8) is 0 Å². The van der Waals surface area contributed by atoms with Gasteiger partial charge in [-0.2, -0.15) is 0 Å². The first-order chi connectivity index (χ1) is 10.1. The van der Waals surface area contributed by atoms with Crippen molar-refractivity contribution in [1.29, 1.82) is 0 Å². The second-order valence-corrected chi connectivity index (χ2v) is 5.28. The summed E-state index contributed by atoms with van der Waals surface area (Å²) in [5.74, 6) is 1.56. The van der Waals surface area contributed by atoms with E-state index in [0.717, 1.165) is 36.4 Å². The molecule has 1 aromatic rings. The van der Waals surface area contributed by atoms with Crippen LogP contribution < -0.4 is 20.1 Å². The highest BCUT2D eigenvalue weighted by Gasteiger charge is 2.22. The number of carbonyl (C=O) groups excluding carboxylic acids is 1. The number of ether oxygens (including phenoxy) is 2. The third-order valence-electron chi connectivity index (χ3n) is 3.40. The van der Waals surface area contributed by atoms with Gasteiger partial charge >= 0.3 is 0 Å². The van der Waals surface area contributed by atoms with Crippen LogP contribution in [0, 0.1) is 0 Å². The first kappa shape index (κ1) is 18.6. The van der Waals surface area contributed by atoms with E-state index >= 15 is 0 Å². The SMILES string of the molecule is CCOc1cc2c(cc1NC(=O)CCCNC)OC(C)C2.Cl. The normalized spacial score (nSPS) is 15.5. The van der Waals surface area contributed by atoms with E-state index in [4.69, 9.17) is 9.47 Å². The van der Waals surface area contributed by atoms with Crippen LogP contribution in [0.5, 0.6) is 11.5 Å². The van der Waals surface area contributed by atoms with E-state index < -0.39 is 0 Å². The standard InChI is InChI=1S/C16H24N2O3.ClH/c1-4-20-15-9-12-8-11(2)21-14(12)10-13(15)18-16(19)6-5-7-17-3;/h9-11,17H,4-8H2,1-3H3,(H,18,19);1H. The van der Waals surface area contributed by atoms with Crippen molar-refractivity contribution in [3.05, 3.63) is 17.7 Å². The minimum atomic E-state index is -0.00259. The average Bonchev–Trinajstić information content (AvgIpc) is 2.79. The zero-order valence-electron chi connectivity index (χ0n) is 13.4. The molecule has 5 nitrogen and oxygen atoms in total. The molecule has 6 heteroatoms. The predicted octanol–water partition coefficient (Wildman–Crippen LogP) is 2.77. The van der Waals surface area contributed by atoms with Crippen LogP contribution in [0.1, 0.15) is 32.3 Å². The van der Waals surface area contributed by atoms with Crippen molar-refractivity contribution >= 4 is 24.0 Å². The van der Waals surface area contributed by atoms with E-state index in [1.807, 2.05) is 33.0 Å². The Labute approximate surface area is 138 Å².